The monoisotopic (exact) mass is 375 g/mol. The van der Waals surface area contributed by atoms with Crippen LogP contribution in [0.2, 0.25) is 0 Å². The van der Waals surface area contributed by atoms with Crippen LogP contribution < -0.4 is 10.6 Å². The van der Waals surface area contributed by atoms with Crippen LogP contribution >= 0.6 is 23.1 Å². The Labute approximate surface area is 152 Å². The second-order valence-electron chi connectivity index (χ2n) is 5.79. The van der Waals surface area contributed by atoms with Gasteiger partial charge in [-0.3, -0.25) is 4.79 Å². The molecule has 7 nitrogen and oxygen atoms in total. The van der Waals surface area contributed by atoms with Gasteiger partial charge in [-0.2, -0.15) is 0 Å². The van der Waals surface area contributed by atoms with E-state index in [9.17, 15) is 4.79 Å². The van der Waals surface area contributed by atoms with Crippen LogP contribution in [0.15, 0.2) is 17.4 Å². The lowest BCUT2D eigenvalue weighted by atomic mass is 10.2. The molecule has 1 aliphatic heterocycles. The fraction of sp³-hybridized carbons (Fsp3) is 0.375. The van der Waals surface area contributed by atoms with Crippen molar-refractivity contribution in [3.05, 3.63) is 18.0 Å². The summed E-state index contributed by atoms with van der Waals surface area (Å²) in [5.74, 6) is 0.812. The number of carbonyl (C=O) groups is 1. The van der Waals surface area contributed by atoms with Crippen molar-refractivity contribution < 1.29 is 9.53 Å². The van der Waals surface area contributed by atoms with Crippen molar-refractivity contribution in [3.8, 4) is 0 Å². The fourth-order valence-corrected chi connectivity index (χ4v) is 4.92. The third kappa shape index (κ3) is 3.14. The van der Waals surface area contributed by atoms with Gasteiger partial charge >= 0.3 is 0 Å². The summed E-state index contributed by atoms with van der Waals surface area (Å²) in [6, 6.07) is 2.11. The maximum absolute atomic E-state index is 11.1. The quantitative estimate of drug-likeness (QED) is 0.550. The molecule has 1 saturated heterocycles. The van der Waals surface area contributed by atoms with Gasteiger partial charge in [0, 0.05) is 18.5 Å². The van der Waals surface area contributed by atoms with Crippen molar-refractivity contribution in [3.63, 3.8) is 0 Å². The van der Waals surface area contributed by atoms with Gasteiger partial charge in [0.25, 0.3) is 0 Å². The van der Waals surface area contributed by atoms with E-state index < -0.39 is 0 Å². The van der Waals surface area contributed by atoms with Gasteiger partial charge in [-0.1, -0.05) is 11.8 Å². The lowest BCUT2D eigenvalue weighted by molar-refractivity contribution is -0.115. The van der Waals surface area contributed by atoms with E-state index in [2.05, 4.69) is 27.9 Å². The molecule has 3 aromatic heterocycles. The molecule has 0 aromatic carbocycles. The average Bonchev–Trinajstić information content (AvgIpc) is 3.00. The van der Waals surface area contributed by atoms with E-state index in [1.807, 2.05) is 0 Å². The number of rotatable bonds is 4. The number of hydrogen-bond donors (Lipinski definition) is 1. The number of primary amides is 1. The number of nitrogens with two attached hydrogens (primary N) is 1. The summed E-state index contributed by atoms with van der Waals surface area (Å²) in [6.45, 7) is 5.23. The van der Waals surface area contributed by atoms with E-state index >= 15 is 0 Å². The van der Waals surface area contributed by atoms with Crippen LogP contribution in [-0.2, 0) is 9.53 Å². The third-order valence-electron chi connectivity index (χ3n) is 4.06. The summed E-state index contributed by atoms with van der Waals surface area (Å²) in [5.41, 5.74) is 7.29. The predicted octanol–water partition coefficient (Wildman–Crippen LogP) is 1.96. The Morgan fingerprint density at radius 3 is 2.96 bits per heavy atom. The second kappa shape index (κ2) is 6.74. The number of pyridine rings is 1. The van der Waals surface area contributed by atoms with E-state index in [1.54, 1.807) is 11.3 Å². The Morgan fingerprint density at radius 2 is 2.20 bits per heavy atom. The first-order chi connectivity index (χ1) is 12.1. The summed E-state index contributed by atoms with van der Waals surface area (Å²) < 4.78 is 6.38. The molecule has 3 aromatic rings. The number of morpholine rings is 1. The number of fused-ring (bicyclic) bond motifs is 3. The van der Waals surface area contributed by atoms with Crippen LogP contribution in [0.4, 0.5) is 5.82 Å². The minimum Gasteiger partial charge on any atom is -0.378 e. The molecule has 4 rings (SSSR count). The maximum atomic E-state index is 11.1. The molecule has 2 N–H and O–H groups in total. The number of anilines is 1. The summed E-state index contributed by atoms with van der Waals surface area (Å²) >= 11 is 2.91. The van der Waals surface area contributed by atoms with E-state index in [-0.39, 0.29) is 11.7 Å². The first-order valence-corrected chi connectivity index (χ1v) is 9.72. The zero-order valence-electron chi connectivity index (χ0n) is 13.7. The van der Waals surface area contributed by atoms with Crippen LogP contribution in [0.3, 0.4) is 0 Å². The maximum Gasteiger partial charge on any atom is 0.227 e. The van der Waals surface area contributed by atoms with Crippen molar-refractivity contribution >= 4 is 55.3 Å². The smallest absolute Gasteiger partial charge is 0.227 e. The van der Waals surface area contributed by atoms with E-state index in [0.717, 1.165) is 63.1 Å². The van der Waals surface area contributed by atoms with Gasteiger partial charge in [-0.15, -0.1) is 11.3 Å². The number of ether oxygens (including phenoxy) is 1. The van der Waals surface area contributed by atoms with Crippen molar-refractivity contribution in [1.82, 2.24) is 15.0 Å². The summed E-state index contributed by atoms with van der Waals surface area (Å²) in [4.78, 5) is 27.9. The highest BCUT2D eigenvalue weighted by atomic mass is 32.2. The van der Waals surface area contributed by atoms with Gasteiger partial charge in [0.05, 0.1) is 29.2 Å². The fourth-order valence-electron chi connectivity index (χ4n) is 2.91. The SMILES string of the molecule is Cc1cc(N2CCOCC2)nc2sc3c(SCC(N)=O)ncnc3c12. The standard InChI is InChI=1S/C16H17N5O2S2/c1-9-6-11(21-2-4-23-5-3-21)20-15-12(9)13-14(25-15)16(19-8-18-13)24-7-10(17)22/h6,8H,2-5,7H2,1H3,(H2,17,22). The number of hydrogen-bond acceptors (Lipinski definition) is 8. The molecule has 4 heterocycles. The molecular weight excluding hydrogens is 358 g/mol. The summed E-state index contributed by atoms with van der Waals surface area (Å²) in [5, 5.41) is 1.83. The number of thiophene rings is 1. The van der Waals surface area contributed by atoms with E-state index in [0.29, 0.717) is 0 Å². The van der Waals surface area contributed by atoms with Crippen molar-refractivity contribution in [2.75, 3.05) is 37.0 Å². The number of carbonyl (C=O) groups excluding carboxylic acids is 1. The average molecular weight is 375 g/mol. The molecule has 130 valence electrons. The van der Waals surface area contributed by atoms with Gasteiger partial charge in [-0.25, -0.2) is 15.0 Å². The molecule has 0 unspecified atom stereocenters. The van der Waals surface area contributed by atoms with Crippen molar-refractivity contribution in [2.24, 2.45) is 5.73 Å². The molecule has 0 spiro atoms. The summed E-state index contributed by atoms with van der Waals surface area (Å²) in [7, 11) is 0. The Kier molecular flexibility index (Phi) is 4.45. The Morgan fingerprint density at radius 1 is 1.40 bits per heavy atom. The number of aromatic nitrogens is 3. The van der Waals surface area contributed by atoms with Gasteiger partial charge in [0.1, 0.15) is 22.0 Å². The Balaban J connectivity index is 1.82. The highest BCUT2D eigenvalue weighted by Crippen LogP contribution is 2.38. The third-order valence-corrected chi connectivity index (χ3v) is 6.28. The highest BCUT2D eigenvalue weighted by molar-refractivity contribution is 8.00. The first-order valence-electron chi connectivity index (χ1n) is 7.92. The largest absolute Gasteiger partial charge is 0.378 e. The minimum atomic E-state index is -0.359. The number of thioether (sulfide) groups is 1. The molecule has 0 radical (unpaired) electrons. The van der Waals surface area contributed by atoms with Gasteiger partial charge in [0.2, 0.25) is 5.91 Å². The van der Waals surface area contributed by atoms with Crippen LogP contribution in [0.5, 0.6) is 0 Å². The van der Waals surface area contributed by atoms with Crippen LogP contribution in [0, 0.1) is 6.92 Å². The molecule has 9 heteroatoms. The minimum absolute atomic E-state index is 0.200. The van der Waals surface area contributed by atoms with E-state index in [1.165, 1.54) is 18.1 Å². The second-order valence-corrected chi connectivity index (χ2v) is 7.75. The van der Waals surface area contributed by atoms with Gasteiger partial charge in [-0.05, 0) is 18.6 Å². The van der Waals surface area contributed by atoms with E-state index in [4.69, 9.17) is 15.5 Å². The van der Waals surface area contributed by atoms with Crippen LogP contribution in [0.1, 0.15) is 5.56 Å². The highest BCUT2D eigenvalue weighted by Gasteiger charge is 2.19. The van der Waals surface area contributed by atoms with Crippen LogP contribution in [-0.4, -0.2) is 52.9 Å². The lowest BCUT2D eigenvalue weighted by Crippen LogP contribution is -2.36. The van der Waals surface area contributed by atoms with Crippen LogP contribution in [0.25, 0.3) is 20.4 Å². The number of aryl methyl sites for hydroxylation is 1. The van der Waals surface area contributed by atoms with Gasteiger partial charge < -0.3 is 15.4 Å². The Hall–Kier alpha value is -1.97. The molecule has 0 saturated carbocycles. The topological polar surface area (TPSA) is 94.2 Å². The van der Waals surface area contributed by atoms with Crippen molar-refractivity contribution in [1.29, 1.82) is 0 Å². The van der Waals surface area contributed by atoms with Crippen molar-refractivity contribution in [2.45, 2.75) is 11.9 Å². The lowest BCUT2D eigenvalue weighted by Gasteiger charge is -2.28. The zero-order chi connectivity index (χ0) is 17.4. The Bertz CT molecular complexity index is 952. The number of nitrogens with zero attached hydrogens (tertiary/aromatic N) is 4. The molecule has 1 amide bonds. The molecule has 0 bridgehead atoms. The molecular formula is C16H17N5O2S2. The molecule has 25 heavy (non-hydrogen) atoms. The first kappa shape index (κ1) is 16.5. The molecule has 0 atom stereocenters. The number of amides is 1. The molecule has 1 fully saturated rings. The normalized spacial score (nSPS) is 15.2. The summed E-state index contributed by atoms with van der Waals surface area (Å²) in [6.07, 6.45) is 1.53. The zero-order valence-corrected chi connectivity index (χ0v) is 15.3. The van der Waals surface area contributed by atoms with Gasteiger partial charge in [0.15, 0.2) is 0 Å². The molecule has 1 aliphatic rings. The predicted molar refractivity (Wildman–Crippen MR) is 100 cm³/mol. The molecule has 0 aliphatic carbocycles.